The third-order valence-electron chi connectivity index (χ3n) is 7.94. The molecule has 0 aromatic heterocycles. The number of rotatable bonds is 18. The normalized spacial score (nSPS) is 12.7. The van der Waals surface area contributed by atoms with Gasteiger partial charge >= 0.3 is 12.1 Å². The van der Waals surface area contributed by atoms with Gasteiger partial charge in [0.05, 0.1) is 18.7 Å². The SMILES string of the molecule is COc1ccc([C@H](NC(=O)[C@H](Cc2cccc(C#N)c2)NC(=O)c2ccc(OCC(=O)NCC(=O)O)cc2)C(=O)C[C@H](C(=O)C(F)(F)F)C(C)C)cc1. The van der Waals surface area contributed by atoms with Gasteiger partial charge in [0.2, 0.25) is 11.7 Å². The number of nitrogens with one attached hydrogen (secondary N) is 3. The molecule has 0 heterocycles. The topological polar surface area (TPSA) is 201 Å². The maximum Gasteiger partial charge on any atom is 0.450 e. The molecule has 3 atom stereocenters. The van der Waals surface area contributed by atoms with Crippen LogP contribution in [0.2, 0.25) is 0 Å². The highest BCUT2D eigenvalue weighted by molar-refractivity contribution is 5.99. The molecule has 13 nitrogen and oxygen atoms in total. The van der Waals surface area contributed by atoms with Crippen molar-refractivity contribution in [3.05, 3.63) is 95.1 Å². The quantitative estimate of drug-likeness (QED) is 0.149. The van der Waals surface area contributed by atoms with Gasteiger partial charge in [-0.05, 0) is 65.6 Å². The molecule has 16 heteroatoms. The van der Waals surface area contributed by atoms with Crippen molar-refractivity contribution in [2.45, 2.75) is 44.9 Å². The number of methoxy groups -OCH3 is 1. The standard InChI is InChI=1S/C37H37F3N4O9/c1-21(2)28(34(49)37(38,39)40)17-30(45)33(24-7-11-26(52-3)12-8-24)44-36(51)29(16-22-5-4-6-23(15-22)18-41)43-35(50)25-9-13-27(14-10-25)53-20-31(46)42-19-32(47)48/h4-15,21,28-29,33H,16-17,19-20H2,1-3H3,(H,42,46)(H,43,50)(H,44,51)(H,47,48)/t28-,29-,33-/m0/s1. The van der Waals surface area contributed by atoms with Crippen molar-refractivity contribution in [1.29, 1.82) is 5.26 Å². The van der Waals surface area contributed by atoms with Gasteiger partial charge in [0.15, 0.2) is 12.4 Å². The number of carboxylic acid groups (broad SMARTS) is 1. The van der Waals surface area contributed by atoms with Gasteiger partial charge in [-0.15, -0.1) is 0 Å². The predicted octanol–water partition coefficient (Wildman–Crippen LogP) is 3.71. The zero-order chi connectivity index (χ0) is 39.3. The van der Waals surface area contributed by atoms with E-state index in [0.717, 1.165) is 0 Å². The van der Waals surface area contributed by atoms with Crippen molar-refractivity contribution in [2.75, 3.05) is 20.3 Å². The highest BCUT2D eigenvalue weighted by Gasteiger charge is 2.45. The molecule has 0 saturated carbocycles. The van der Waals surface area contributed by atoms with Gasteiger partial charge in [0.1, 0.15) is 30.1 Å². The summed E-state index contributed by atoms with van der Waals surface area (Å²) in [6.45, 7) is 1.66. The first-order valence-corrected chi connectivity index (χ1v) is 16.1. The fourth-order valence-corrected chi connectivity index (χ4v) is 5.10. The molecule has 3 rings (SSSR count). The molecule has 0 unspecified atom stereocenters. The molecule has 280 valence electrons. The van der Waals surface area contributed by atoms with Crippen LogP contribution in [-0.2, 0) is 30.4 Å². The number of benzene rings is 3. The van der Waals surface area contributed by atoms with Crippen LogP contribution in [0.1, 0.15) is 53.4 Å². The van der Waals surface area contributed by atoms with Gasteiger partial charge in [-0.25, -0.2) is 0 Å². The van der Waals surface area contributed by atoms with Crippen molar-refractivity contribution in [3.8, 4) is 17.6 Å². The van der Waals surface area contributed by atoms with Crippen LogP contribution in [-0.4, -0.2) is 72.8 Å². The Morgan fingerprint density at radius 2 is 1.55 bits per heavy atom. The molecule has 0 spiro atoms. The number of carboxylic acids is 1. The summed E-state index contributed by atoms with van der Waals surface area (Å²) < 4.78 is 50.8. The number of carbonyl (C=O) groups excluding carboxylic acids is 5. The molecule has 0 saturated heterocycles. The summed E-state index contributed by atoms with van der Waals surface area (Å²) in [6.07, 6.45) is -6.21. The van der Waals surface area contributed by atoms with E-state index in [0.29, 0.717) is 11.3 Å². The van der Waals surface area contributed by atoms with Crippen molar-refractivity contribution in [3.63, 3.8) is 0 Å². The monoisotopic (exact) mass is 738 g/mol. The number of alkyl halides is 3. The van der Waals surface area contributed by atoms with E-state index in [1.807, 2.05) is 6.07 Å². The number of nitrogens with zero attached hydrogens (tertiary/aromatic N) is 1. The minimum atomic E-state index is -5.19. The summed E-state index contributed by atoms with van der Waals surface area (Å²) in [5.74, 6) is -8.58. The Hall–Kier alpha value is -6.24. The lowest BCUT2D eigenvalue weighted by atomic mass is 9.84. The third kappa shape index (κ3) is 12.5. The molecule has 0 aliphatic carbocycles. The minimum absolute atomic E-state index is 0.0458. The second kappa shape index (κ2) is 18.8. The fraction of sp³-hybridized carbons (Fsp3) is 0.324. The summed E-state index contributed by atoms with van der Waals surface area (Å²) in [4.78, 5) is 75.8. The van der Waals surface area contributed by atoms with Gasteiger partial charge in [-0.2, -0.15) is 18.4 Å². The van der Waals surface area contributed by atoms with E-state index >= 15 is 0 Å². The lowest BCUT2D eigenvalue weighted by Crippen LogP contribution is -2.50. The van der Waals surface area contributed by atoms with Crippen molar-refractivity contribution >= 4 is 35.3 Å². The molecular formula is C37H37F3N4O9. The first kappa shape index (κ1) is 41.2. The summed E-state index contributed by atoms with van der Waals surface area (Å²) in [5, 5.41) is 25.3. The van der Waals surface area contributed by atoms with E-state index in [2.05, 4.69) is 16.0 Å². The number of Topliss-reactive ketones (excluding diaryl/α,β-unsaturated/α-hetero) is 2. The Morgan fingerprint density at radius 1 is 0.906 bits per heavy atom. The van der Waals surface area contributed by atoms with Crippen LogP contribution in [0, 0.1) is 23.2 Å². The summed E-state index contributed by atoms with van der Waals surface area (Å²) >= 11 is 0. The predicted molar refractivity (Wildman–Crippen MR) is 182 cm³/mol. The van der Waals surface area contributed by atoms with Crippen LogP contribution in [0.25, 0.3) is 0 Å². The average molecular weight is 739 g/mol. The van der Waals surface area contributed by atoms with Crippen LogP contribution < -0.4 is 25.4 Å². The van der Waals surface area contributed by atoms with E-state index in [4.69, 9.17) is 14.6 Å². The average Bonchev–Trinajstić information content (AvgIpc) is 3.13. The molecule has 4 N–H and O–H groups in total. The molecule has 53 heavy (non-hydrogen) atoms. The lowest BCUT2D eigenvalue weighted by molar-refractivity contribution is -0.177. The van der Waals surface area contributed by atoms with Crippen molar-refractivity contribution < 1.29 is 56.5 Å². The van der Waals surface area contributed by atoms with E-state index in [1.165, 1.54) is 81.6 Å². The Bertz CT molecular complexity index is 1840. The van der Waals surface area contributed by atoms with E-state index in [1.54, 1.807) is 12.1 Å². The fourth-order valence-electron chi connectivity index (χ4n) is 5.10. The van der Waals surface area contributed by atoms with Crippen molar-refractivity contribution in [1.82, 2.24) is 16.0 Å². The molecular weight excluding hydrogens is 701 g/mol. The molecule has 0 fully saturated rings. The maximum atomic E-state index is 14.0. The zero-order valence-electron chi connectivity index (χ0n) is 28.9. The number of hydrogen-bond acceptors (Lipinski definition) is 9. The Balaban J connectivity index is 1.91. The summed E-state index contributed by atoms with van der Waals surface area (Å²) in [6, 6.07) is 16.4. The largest absolute Gasteiger partial charge is 0.497 e. The van der Waals surface area contributed by atoms with Gasteiger partial charge in [0, 0.05) is 24.3 Å². The maximum absolute atomic E-state index is 14.0. The number of aliphatic carboxylic acids is 1. The molecule has 0 bridgehead atoms. The highest BCUT2D eigenvalue weighted by Crippen LogP contribution is 2.30. The second-order valence-electron chi connectivity index (χ2n) is 12.1. The number of ketones is 2. The summed E-state index contributed by atoms with van der Waals surface area (Å²) in [7, 11) is 1.40. The first-order valence-electron chi connectivity index (χ1n) is 16.1. The summed E-state index contributed by atoms with van der Waals surface area (Å²) in [5.41, 5.74) is 0.942. The number of ether oxygens (including phenoxy) is 2. The molecule has 0 aliphatic heterocycles. The van der Waals surface area contributed by atoms with Crippen LogP contribution in [0.4, 0.5) is 13.2 Å². The Labute approximate surface area is 302 Å². The molecule has 0 aliphatic rings. The first-order chi connectivity index (χ1) is 25.0. The number of amides is 3. The van der Waals surface area contributed by atoms with E-state index < -0.39 is 84.9 Å². The highest BCUT2D eigenvalue weighted by atomic mass is 19.4. The molecule has 3 aromatic rings. The zero-order valence-corrected chi connectivity index (χ0v) is 28.9. The van der Waals surface area contributed by atoms with E-state index in [9.17, 15) is 47.2 Å². The van der Waals surface area contributed by atoms with E-state index in [-0.39, 0.29) is 28.9 Å². The molecule has 3 amide bonds. The number of carbonyl (C=O) groups is 6. The second-order valence-corrected chi connectivity index (χ2v) is 12.1. The van der Waals surface area contributed by atoms with Crippen LogP contribution in [0.15, 0.2) is 72.8 Å². The van der Waals surface area contributed by atoms with Gasteiger partial charge in [-0.1, -0.05) is 38.1 Å². The van der Waals surface area contributed by atoms with Crippen LogP contribution in [0.3, 0.4) is 0 Å². The van der Waals surface area contributed by atoms with Gasteiger partial charge in [0.25, 0.3) is 11.8 Å². The van der Waals surface area contributed by atoms with Crippen molar-refractivity contribution in [2.24, 2.45) is 11.8 Å². The lowest BCUT2D eigenvalue weighted by Gasteiger charge is -2.26. The number of nitriles is 1. The minimum Gasteiger partial charge on any atom is -0.497 e. The molecule has 0 radical (unpaired) electrons. The van der Waals surface area contributed by atoms with Gasteiger partial charge in [-0.3, -0.25) is 28.8 Å². The number of hydrogen-bond donors (Lipinski definition) is 4. The number of halogens is 3. The van der Waals surface area contributed by atoms with Gasteiger partial charge < -0.3 is 30.5 Å². The van der Waals surface area contributed by atoms with Crippen LogP contribution in [0.5, 0.6) is 11.5 Å². The Kier molecular flexibility index (Phi) is 14.6. The smallest absolute Gasteiger partial charge is 0.450 e. The Morgan fingerprint density at radius 3 is 2.11 bits per heavy atom. The van der Waals surface area contributed by atoms with Crippen LogP contribution >= 0.6 is 0 Å². The molecule has 3 aromatic carbocycles. The third-order valence-corrected chi connectivity index (χ3v) is 7.94.